The van der Waals surface area contributed by atoms with Crippen molar-refractivity contribution in [3.05, 3.63) is 65.9 Å². The van der Waals surface area contributed by atoms with Crippen LogP contribution in [-0.4, -0.2) is 17.1 Å². The van der Waals surface area contributed by atoms with E-state index < -0.39 is 34.4 Å². The summed E-state index contributed by atoms with van der Waals surface area (Å²) in [6.07, 6.45) is 5.68. The molecule has 0 amide bonds. The van der Waals surface area contributed by atoms with Gasteiger partial charge in [-0.1, -0.05) is 25.0 Å². The van der Waals surface area contributed by atoms with Gasteiger partial charge in [-0.25, -0.2) is 22.5 Å². The molecule has 0 bridgehead atoms. The monoisotopic (exact) mass is 443 g/mol. The van der Waals surface area contributed by atoms with Crippen LogP contribution in [0.15, 0.2) is 42.6 Å². The van der Waals surface area contributed by atoms with Crippen LogP contribution in [0.5, 0.6) is 0 Å². The summed E-state index contributed by atoms with van der Waals surface area (Å²) in [5, 5.41) is 6.41. The van der Waals surface area contributed by atoms with Gasteiger partial charge in [0.2, 0.25) is 0 Å². The molecule has 1 heterocycles. The molecule has 1 aromatic heterocycles. The number of aromatic nitrogens is 1. The predicted molar refractivity (Wildman–Crippen MR) is 120 cm³/mol. The SMILES string of the molecule is CC(C)Nc1ccc(-c2c(F)c(F)c(-c3ccc(NC4CCCC4)cc3)c(F)c2F)cn1. The van der Waals surface area contributed by atoms with E-state index in [9.17, 15) is 17.6 Å². The molecule has 0 spiro atoms. The quantitative estimate of drug-likeness (QED) is 0.314. The standard InChI is InChI=1S/C25H25F4N3/c1-14(2)31-19-12-9-16(13-30-19)21-24(28)22(26)20(23(27)25(21)29)15-7-10-18(11-8-15)32-17-5-3-4-6-17/h7-14,17,32H,3-6H2,1-2H3,(H,30,31). The molecule has 0 radical (unpaired) electrons. The van der Waals surface area contributed by atoms with Crippen molar-refractivity contribution in [3.8, 4) is 22.3 Å². The Bertz CT molecular complexity index is 1060. The van der Waals surface area contributed by atoms with E-state index in [0.717, 1.165) is 18.5 Å². The van der Waals surface area contributed by atoms with Gasteiger partial charge in [-0.2, -0.15) is 0 Å². The number of pyridine rings is 1. The highest BCUT2D eigenvalue weighted by atomic mass is 19.2. The number of anilines is 2. The Morgan fingerprint density at radius 1 is 0.781 bits per heavy atom. The lowest BCUT2D eigenvalue weighted by molar-refractivity contribution is 0.463. The second-order valence-corrected chi connectivity index (χ2v) is 8.44. The molecule has 1 aliphatic rings. The second-order valence-electron chi connectivity index (χ2n) is 8.44. The van der Waals surface area contributed by atoms with Gasteiger partial charge in [-0.05, 0) is 56.5 Å². The number of hydrogen-bond donors (Lipinski definition) is 2. The first-order valence-corrected chi connectivity index (χ1v) is 10.8. The van der Waals surface area contributed by atoms with Crippen LogP contribution in [0.25, 0.3) is 22.3 Å². The molecule has 2 aromatic carbocycles. The molecule has 4 rings (SSSR count). The molecule has 168 valence electrons. The van der Waals surface area contributed by atoms with Crippen molar-refractivity contribution in [2.75, 3.05) is 10.6 Å². The first kappa shape index (κ1) is 22.1. The summed E-state index contributed by atoms with van der Waals surface area (Å²) in [6.45, 7) is 3.82. The molecule has 1 aliphatic carbocycles. The Morgan fingerprint density at radius 3 is 1.81 bits per heavy atom. The number of halogens is 4. The third kappa shape index (κ3) is 4.42. The fourth-order valence-corrected chi connectivity index (χ4v) is 4.10. The van der Waals surface area contributed by atoms with Crippen molar-refractivity contribution in [3.63, 3.8) is 0 Å². The summed E-state index contributed by atoms with van der Waals surface area (Å²) in [6, 6.07) is 9.63. The Labute approximate surface area is 184 Å². The van der Waals surface area contributed by atoms with E-state index in [1.54, 1.807) is 12.1 Å². The van der Waals surface area contributed by atoms with Gasteiger partial charge in [-0.3, -0.25) is 0 Å². The maximum atomic E-state index is 14.9. The first-order chi connectivity index (χ1) is 15.3. The molecule has 0 atom stereocenters. The first-order valence-electron chi connectivity index (χ1n) is 10.8. The van der Waals surface area contributed by atoms with Crippen LogP contribution < -0.4 is 10.6 Å². The highest BCUT2D eigenvalue weighted by Crippen LogP contribution is 2.37. The third-order valence-corrected chi connectivity index (χ3v) is 5.65. The highest BCUT2D eigenvalue weighted by Gasteiger charge is 2.27. The number of rotatable bonds is 6. The van der Waals surface area contributed by atoms with Gasteiger partial charge in [-0.15, -0.1) is 0 Å². The van der Waals surface area contributed by atoms with Crippen LogP contribution in [0.2, 0.25) is 0 Å². The average Bonchev–Trinajstić information content (AvgIpc) is 3.28. The van der Waals surface area contributed by atoms with Crippen molar-refractivity contribution >= 4 is 11.5 Å². The van der Waals surface area contributed by atoms with Gasteiger partial charge in [0.15, 0.2) is 23.3 Å². The minimum absolute atomic E-state index is 0.0465. The van der Waals surface area contributed by atoms with Crippen LogP contribution in [0.1, 0.15) is 39.5 Å². The Kier molecular flexibility index (Phi) is 6.35. The maximum Gasteiger partial charge on any atom is 0.170 e. The zero-order chi connectivity index (χ0) is 22.8. The summed E-state index contributed by atoms with van der Waals surface area (Å²) in [5.41, 5.74) is -0.667. The molecule has 2 N–H and O–H groups in total. The molecule has 32 heavy (non-hydrogen) atoms. The number of nitrogens with one attached hydrogen (secondary N) is 2. The molecule has 3 aromatic rings. The summed E-state index contributed by atoms with van der Waals surface area (Å²) in [5.74, 6) is -5.26. The number of benzene rings is 2. The minimum atomic E-state index is -1.45. The second kappa shape index (κ2) is 9.18. The summed E-state index contributed by atoms with van der Waals surface area (Å²) >= 11 is 0. The van der Waals surface area contributed by atoms with Gasteiger partial charge in [0, 0.05) is 29.5 Å². The van der Waals surface area contributed by atoms with Gasteiger partial charge < -0.3 is 10.6 Å². The summed E-state index contributed by atoms with van der Waals surface area (Å²) < 4.78 is 59.6. The Morgan fingerprint density at radius 2 is 1.31 bits per heavy atom. The zero-order valence-corrected chi connectivity index (χ0v) is 18.0. The molecule has 0 saturated heterocycles. The van der Waals surface area contributed by atoms with Gasteiger partial charge in [0.1, 0.15) is 5.82 Å². The third-order valence-electron chi connectivity index (χ3n) is 5.65. The van der Waals surface area contributed by atoms with Crippen molar-refractivity contribution in [1.82, 2.24) is 4.98 Å². The van der Waals surface area contributed by atoms with Crippen molar-refractivity contribution in [1.29, 1.82) is 0 Å². The molecule has 0 aliphatic heterocycles. The van der Waals surface area contributed by atoms with Crippen molar-refractivity contribution in [2.24, 2.45) is 0 Å². The van der Waals surface area contributed by atoms with Gasteiger partial charge in [0.25, 0.3) is 0 Å². The van der Waals surface area contributed by atoms with Crippen LogP contribution in [-0.2, 0) is 0 Å². The Hall–Kier alpha value is -3.09. The smallest absolute Gasteiger partial charge is 0.170 e. The summed E-state index contributed by atoms with van der Waals surface area (Å²) in [4.78, 5) is 4.07. The van der Waals surface area contributed by atoms with E-state index in [1.165, 1.54) is 43.3 Å². The molecular formula is C25H25F4N3. The maximum absolute atomic E-state index is 14.9. The van der Waals surface area contributed by atoms with E-state index in [2.05, 4.69) is 15.6 Å². The zero-order valence-electron chi connectivity index (χ0n) is 18.0. The lowest BCUT2D eigenvalue weighted by atomic mass is 9.97. The Balaban J connectivity index is 1.66. The van der Waals surface area contributed by atoms with Crippen LogP contribution in [0.4, 0.5) is 29.1 Å². The van der Waals surface area contributed by atoms with Gasteiger partial charge >= 0.3 is 0 Å². The molecule has 3 nitrogen and oxygen atoms in total. The highest BCUT2D eigenvalue weighted by molar-refractivity contribution is 5.74. The summed E-state index contributed by atoms with van der Waals surface area (Å²) in [7, 11) is 0. The van der Waals surface area contributed by atoms with E-state index in [-0.39, 0.29) is 17.2 Å². The molecule has 0 unspecified atom stereocenters. The lowest BCUT2D eigenvalue weighted by Gasteiger charge is -2.15. The number of nitrogens with zero attached hydrogens (tertiary/aromatic N) is 1. The average molecular weight is 443 g/mol. The fraction of sp³-hybridized carbons (Fsp3) is 0.320. The van der Waals surface area contributed by atoms with Crippen molar-refractivity contribution < 1.29 is 17.6 Å². The van der Waals surface area contributed by atoms with Crippen LogP contribution in [0, 0.1) is 23.3 Å². The van der Waals surface area contributed by atoms with Crippen LogP contribution >= 0.6 is 0 Å². The molecule has 7 heteroatoms. The van der Waals surface area contributed by atoms with E-state index in [0.29, 0.717) is 11.9 Å². The lowest BCUT2D eigenvalue weighted by Crippen LogP contribution is -2.14. The molecule has 1 fully saturated rings. The topological polar surface area (TPSA) is 37.0 Å². The predicted octanol–water partition coefficient (Wildman–Crippen LogP) is 7.15. The van der Waals surface area contributed by atoms with E-state index in [4.69, 9.17) is 0 Å². The largest absolute Gasteiger partial charge is 0.382 e. The number of hydrogen-bond acceptors (Lipinski definition) is 3. The molecule has 1 saturated carbocycles. The van der Waals surface area contributed by atoms with Crippen molar-refractivity contribution in [2.45, 2.75) is 51.6 Å². The van der Waals surface area contributed by atoms with E-state index in [1.807, 2.05) is 13.8 Å². The van der Waals surface area contributed by atoms with Crippen LogP contribution in [0.3, 0.4) is 0 Å². The van der Waals surface area contributed by atoms with E-state index >= 15 is 0 Å². The van der Waals surface area contributed by atoms with Gasteiger partial charge in [0.05, 0.1) is 11.1 Å². The fourth-order valence-electron chi connectivity index (χ4n) is 4.10. The minimum Gasteiger partial charge on any atom is -0.382 e. The normalized spacial score (nSPS) is 14.2. The molecular weight excluding hydrogens is 418 g/mol.